The lowest BCUT2D eigenvalue weighted by atomic mass is 9.97. The van der Waals surface area contributed by atoms with Crippen molar-refractivity contribution in [2.24, 2.45) is 0 Å². The Kier molecular flexibility index (Phi) is 6.47. The highest BCUT2D eigenvalue weighted by Crippen LogP contribution is 2.24. The molecule has 0 spiro atoms. The van der Waals surface area contributed by atoms with E-state index >= 15 is 0 Å². The van der Waals surface area contributed by atoms with Crippen LogP contribution in [0.15, 0.2) is 6.07 Å². The molecule has 0 unspecified atom stereocenters. The second kappa shape index (κ2) is 8.36. The second-order valence-corrected chi connectivity index (χ2v) is 6.51. The van der Waals surface area contributed by atoms with E-state index in [1.54, 1.807) is 19.0 Å². The average molecular weight is 320 g/mol. The Morgan fingerprint density at radius 1 is 1.43 bits per heavy atom. The zero-order valence-corrected chi connectivity index (χ0v) is 14.5. The molecule has 1 saturated heterocycles. The van der Waals surface area contributed by atoms with Gasteiger partial charge in [0, 0.05) is 50.9 Å². The van der Waals surface area contributed by atoms with Crippen molar-refractivity contribution < 1.29 is 9.90 Å². The Labute approximate surface area is 138 Å². The number of hydrogen-bond donors (Lipinski definition) is 1. The molecule has 2 rings (SSSR count). The zero-order valence-electron chi connectivity index (χ0n) is 14.5. The molecule has 0 radical (unpaired) electrons. The number of aliphatic hydroxyl groups is 1. The van der Waals surface area contributed by atoms with Gasteiger partial charge in [-0.25, -0.2) is 9.97 Å². The molecular weight excluding hydrogens is 292 g/mol. The maximum atomic E-state index is 11.8. The summed E-state index contributed by atoms with van der Waals surface area (Å²) in [6, 6.07) is 1.97. The zero-order chi connectivity index (χ0) is 16.8. The molecule has 0 bridgehead atoms. The van der Waals surface area contributed by atoms with Crippen molar-refractivity contribution in [1.29, 1.82) is 0 Å². The maximum absolute atomic E-state index is 11.8. The highest BCUT2D eigenvalue weighted by Gasteiger charge is 2.23. The van der Waals surface area contributed by atoms with E-state index in [9.17, 15) is 4.79 Å². The van der Waals surface area contributed by atoms with Gasteiger partial charge in [-0.1, -0.05) is 0 Å². The van der Waals surface area contributed by atoms with Crippen molar-refractivity contribution in [2.75, 3.05) is 40.3 Å². The van der Waals surface area contributed by atoms with Crippen LogP contribution in [0.3, 0.4) is 0 Å². The van der Waals surface area contributed by atoms with Crippen LogP contribution in [-0.4, -0.2) is 71.1 Å². The number of hydrogen-bond acceptors (Lipinski definition) is 5. The number of piperidine rings is 1. The Morgan fingerprint density at radius 3 is 2.91 bits per heavy atom. The largest absolute Gasteiger partial charge is 0.395 e. The summed E-state index contributed by atoms with van der Waals surface area (Å²) in [5.74, 6) is 1.33. The molecule has 1 fully saturated rings. The van der Waals surface area contributed by atoms with Gasteiger partial charge in [-0.3, -0.25) is 4.79 Å². The van der Waals surface area contributed by atoms with Crippen LogP contribution in [0.5, 0.6) is 0 Å². The van der Waals surface area contributed by atoms with E-state index in [0.29, 0.717) is 25.3 Å². The molecule has 23 heavy (non-hydrogen) atoms. The van der Waals surface area contributed by atoms with Crippen molar-refractivity contribution in [3.63, 3.8) is 0 Å². The summed E-state index contributed by atoms with van der Waals surface area (Å²) in [6.45, 7) is 4.83. The van der Waals surface area contributed by atoms with E-state index in [1.165, 1.54) is 0 Å². The third-order valence-electron chi connectivity index (χ3n) is 4.31. The van der Waals surface area contributed by atoms with Gasteiger partial charge in [0.2, 0.25) is 5.91 Å². The lowest BCUT2D eigenvalue weighted by Gasteiger charge is -2.31. The van der Waals surface area contributed by atoms with E-state index in [-0.39, 0.29) is 12.5 Å². The lowest BCUT2D eigenvalue weighted by molar-refractivity contribution is -0.128. The smallest absolute Gasteiger partial charge is 0.222 e. The molecule has 6 nitrogen and oxygen atoms in total. The first-order chi connectivity index (χ1) is 11.0. The molecule has 0 saturated carbocycles. The second-order valence-electron chi connectivity index (χ2n) is 6.51. The van der Waals surface area contributed by atoms with Crippen molar-refractivity contribution in [1.82, 2.24) is 19.8 Å². The summed E-state index contributed by atoms with van der Waals surface area (Å²) >= 11 is 0. The number of β-amino-alcohol motifs (C(OH)–C–C–N with tert-alkyl or cyclic N) is 1. The fourth-order valence-electron chi connectivity index (χ4n) is 3.04. The fraction of sp³-hybridized carbons (Fsp3) is 0.706. The number of amides is 1. The van der Waals surface area contributed by atoms with Crippen LogP contribution in [-0.2, 0) is 11.2 Å². The van der Waals surface area contributed by atoms with Crippen LogP contribution in [0.25, 0.3) is 0 Å². The molecule has 1 N–H and O–H groups in total. The fourth-order valence-corrected chi connectivity index (χ4v) is 3.04. The van der Waals surface area contributed by atoms with Gasteiger partial charge >= 0.3 is 0 Å². The molecule has 128 valence electrons. The number of aryl methyl sites for hydroxylation is 2. The number of rotatable bonds is 6. The minimum Gasteiger partial charge on any atom is -0.395 e. The molecule has 0 aromatic carbocycles. The predicted molar refractivity (Wildman–Crippen MR) is 89.3 cm³/mol. The van der Waals surface area contributed by atoms with Gasteiger partial charge in [-0.15, -0.1) is 0 Å². The van der Waals surface area contributed by atoms with Crippen LogP contribution < -0.4 is 0 Å². The Bertz CT molecular complexity index is 531. The molecule has 1 atom stereocenters. The summed E-state index contributed by atoms with van der Waals surface area (Å²) in [6.07, 6.45) is 3.32. The summed E-state index contributed by atoms with van der Waals surface area (Å²) in [5, 5.41) is 9.12. The quantitative estimate of drug-likeness (QED) is 0.846. The van der Waals surface area contributed by atoms with Gasteiger partial charge in [-0.2, -0.15) is 0 Å². The molecule has 1 amide bonds. The third-order valence-corrected chi connectivity index (χ3v) is 4.31. The summed E-state index contributed by atoms with van der Waals surface area (Å²) in [7, 11) is 3.55. The first-order valence-corrected chi connectivity index (χ1v) is 8.37. The van der Waals surface area contributed by atoms with Gasteiger partial charge in [-0.05, 0) is 38.8 Å². The molecule has 1 aliphatic heterocycles. The van der Waals surface area contributed by atoms with E-state index < -0.39 is 0 Å². The van der Waals surface area contributed by atoms with Crippen molar-refractivity contribution in [2.45, 2.75) is 38.5 Å². The standard InChI is InChI=1S/C17H28N4O2/c1-13-11-15(6-7-16(23)20(2)3)19-17(18-13)14-5-4-8-21(12-14)9-10-22/h11,14,22H,4-10,12H2,1-3H3/t14-/m1/s1. The predicted octanol–water partition coefficient (Wildman–Crippen LogP) is 0.978. The Hall–Kier alpha value is -1.53. The molecule has 6 heteroatoms. The minimum absolute atomic E-state index is 0.120. The Morgan fingerprint density at radius 2 is 2.22 bits per heavy atom. The molecule has 0 aliphatic carbocycles. The number of carbonyl (C=O) groups excluding carboxylic acids is 1. The van der Waals surface area contributed by atoms with Crippen LogP contribution in [0.1, 0.15) is 42.4 Å². The third kappa shape index (κ3) is 5.25. The normalized spacial score (nSPS) is 18.9. The maximum Gasteiger partial charge on any atom is 0.222 e. The van der Waals surface area contributed by atoms with Crippen molar-refractivity contribution in [3.8, 4) is 0 Å². The number of likely N-dealkylation sites (tertiary alicyclic amines) is 1. The molecule has 1 aromatic heterocycles. The Balaban J connectivity index is 2.05. The molecule has 2 heterocycles. The summed E-state index contributed by atoms with van der Waals surface area (Å²) in [5.41, 5.74) is 1.91. The topological polar surface area (TPSA) is 69.6 Å². The van der Waals surface area contributed by atoms with E-state index in [4.69, 9.17) is 10.1 Å². The van der Waals surface area contributed by atoms with Crippen molar-refractivity contribution in [3.05, 3.63) is 23.3 Å². The van der Waals surface area contributed by atoms with Crippen LogP contribution in [0.4, 0.5) is 0 Å². The van der Waals surface area contributed by atoms with Crippen LogP contribution in [0, 0.1) is 6.92 Å². The minimum atomic E-state index is 0.120. The average Bonchev–Trinajstić information content (AvgIpc) is 2.52. The summed E-state index contributed by atoms with van der Waals surface area (Å²) < 4.78 is 0. The molecular formula is C17H28N4O2. The number of nitrogens with zero attached hydrogens (tertiary/aromatic N) is 4. The first-order valence-electron chi connectivity index (χ1n) is 8.37. The highest BCUT2D eigenvalue weighted by atomic mass is 16.3. The van der Waals surface area contributed by atoms with Gasteiger partial charge in [0.1, 0.15) is 5.82 Å². The van der Waals surface area contributed by atoms with Gasteiger partial charge in [0.15, 0.2) is 0 Å². The van der Waals surface area contributed by atoms with E-state index in [2.05, 4.69) is 9.88 Å². The SMILES string of the molecule is Cc1cc(CCC(=O)N(C)C)nc([C@@H]2CCCN(CCO)C2)n1. The lowest BCUT2D eigenvalue weighted by Crippen LogP contribution is -2.37. The van der Waals surface area contributed by atoms with Crippen LogP contribution in [0.2, 0.25) is 0 Å². The number of carbonyl (C=O) groups is 1. The summed E-state index contributed by atoms with van der Waals surface area (Å²) in [4.78, 5) is 25.0. The van der Waals surface area contributed by atoms with E-state index in [0.717, 1.165) is 43.1 Å². The van der Waals surface area contributed by atoms with Gasteiger partial charge < -0.3 is 14.9 Å². The van der Waals surface area contributed by atoms with Gasteiger partial charge in [0.25, 0.3) is 0 Å². The molecule has 1 aromatic rings. The molecule has 1 aliphatic rings. The monoisotopic (exact) mass is 320 g/mol. The number of aliphatic hydroxyl groups excluding tert-OH is 1. The van der Waals surface area contributed by atoms with E-state index in [1.807, 2.05) is 13.0 Å². The van der Waals surface area contributed by atoms with Gasteiger partial charge in [0.05, 0.1) is 6.61 Å². The number of aromatic nitrogens is 2. The first kappa shape index (κ1) is 17.8. The highest BCUT2D eigenvalue weighted by molar-refractivity contribution is 5.75. The van der Waals surface area contributed by atoms with Crippen LogP contribution >= 0.6 is 0 Å². The van der Waals surface area contributed by atoms with Crippen molar-refractivity contribution >= 4 is 5.91 Å².